The molecule has 0 atom stereocenters. The fourth-order valence-corrected chi connectivity index (χ4v) is 1.62. The van der Waals surface area contributed by atoms with E-state index in [1.165, 1.54) is 13.3 Å². The number of rotatable bonds is 3. The third-order valence-corrected chi connectivity index (χ3v) is 2.50. The van der Waals surface area contributed by atoms with Crippen LogP contribution in [0.5, 0.6) is 5.75 Å². The van der Waals surface area contributed by atoms with Crippen LogP contribution >= 0.6 is 0 Å². The molecule has 0 spiro atoms. The van der Waals surface area contributed by atoms with Crippen molar-refractivity contribution < 1.29 is 19.1 Å². The van der Waals surface area contributed by atoms with Gasteiger partial charge < -0.3 is 14.5 Å². The van der Waals surface area contributed by atoms with Crippen LogP contribution in [0.2, 0.25) is 0 Å². The molecule has 0 radical (unpaired) electrons. The second kappa shape index (κ2) is 4.29. The van der Waals surface area contributed by atoms with Crippen molar-refractivity contribution in [3.8, 4) is 5.75 Å². The van der Waals surface area contributed by atoms with E-state index < -0.39 is 11.8 Å². The third kappa shape index (κ3) is 1.87. The first-order chi connectivity index (χ1) is 8.17. The highest BCUT2D eigenvalue weighted by Crippen LogP contribution is 2.23. The van der Waals surface area contributed by atoms with E-state index in [9.17, 15) is 9.59 Å². The van der Waals surface area contributed by atoms with Gasteiger partial charge in [-0.1, -0.05) is 0 Å². The summed E-state index contributed by atoms with van der Waals surface area (Å²) in [6, 6.07) is 5.20. The summed E-state index contributed by atoms with van der Waals surface area (Å²) in [5.74, 6) is -0.859. The Morgan fingerprint density at radius 3 is 2.65 bits per heavy atom. The number of benzene rings is 1. The Bertz CT molecular complexity index is 585. The monoisotopic (exact) mass is 233 g/mol. The van der Waals surface area contributed by atoms with Crippen molar-refractivity contribution >= 4 is 22.7 Å². The molecule has 0 unspecified atom stereocenters. The Morgan fingerprint density at radius 1 is 1.24 bits per heavy atom. The average Bonchev–Trinajstić information content (AvgIpc) is 2.79. The van der Waals surface area contributed by atoms with Gasteiger partial charge in [0.05, 0.1) is 19.8 Å². The highest BCUT2D eigenvalue weighted by molar-refractivity contribution is 6.42. The maximum absolute atomic E-state index is 11.7. The van der Waals surface area contributed by atoms with E-state index in [0.29, 0.717) is 16.7 Å². The van der Waals surface area contributed by atoms with Crippen molar-refractivity contribution in [3.63, 3.8) is 0 Å². The van der Waals surface area contributed by atoms with Crippen molar-refractivity contribution in [1.29, 1.82) is 0 Å². The largest absolute Gasteiger partial charge is 0.497 e. The average molecular weight is 233 g/mol. The molecule has 0 saturated heterocycles. The molecular weight excluding hydrogens is 222 g/mol. The number of carbonyl (C=O) groups excluding carboxylic acids is 2. The molecule has 0 aliphatic rings. The van der Waals surface area contributed by atoms with Gasteiger partial charge in [0, 0.05) is 23.2 Å². The first-order valence-corrected chi connectivity index (χ1v) is 4.95. The molecule has 5 nitrogen and oxygen atoms in total. The summed E-state index contributed by atoms with van der Waals surface area (Å²) in [6.45, 7) is 0. The summed E-state index contributed by atoms with van der Waals surface area (Å²) in [7, 11) is 2.74. The molecule has 0 fully saturated rings. The summed E-state index contributed by atoms with van der Waals surface area (Å²) in [6.07, 6.45) is 1.49. The second-order valence-electron chi connectivity index (χ2n) is 3.43. The molecule has 2 rings (SSSR count). The maximum atomic E-state index is 11.7. The summed E-state index contributed by atoms with van der Waals surface area (Å²) in [4.78, 5) is 25.8. The number of fused-ring (bicyclic) bond motifs is 1. The molecule has 0 aliphatic heterocycles. The van der Waals surface area contributed by atoms with Gasteiger partial charge in [-0.15, -0.1) is 0 Å². The van der Waals surface area contributed by atoms with E-state index in [0.717, 1.165) is 5.52 Å². The van der Waals surface area contributed by atoms with Gasteiger partial charge in [0.2, 0.25) is 0 Å². The Kier molecular flexibility index (Phi) is 2.82. The molecule has 17 heavy (non-hydrogen) atoms. The zero-order valence-electron chi connectivity index (χ0n) is 9.44. The Labute approximate surface area is 97.3 Å². The molecule has 0 bridgehead atoms. The zero-order chi connectivity index (χ0) is 12.4. The zero-order valence-corrected chi connectivity index (χ0v) is 9.44. The van der Waals surface area contributed by atoms with Gasteiger partial charge in [-0.3, -0.25) is 4.79 Å². The number of methoxy groups -OCH3 is 2. The third-order valence-electron chi connectivity index (χ3n) is 2.50. The lowest BCUT2D eigenvalue weighted by molar-refractivity contribution is -0.135. The molecule has 1 heterocycles. The van der Waals surface area contributed by atoms with Crippen molar-refractivity contribution in [2.45, 2.75) is 0 Å². The number of hydrogen-bond acceptors (Lipinski definition) is 4. The van der Waals surface area contributed by atoms with E-state index in [-0.39, 0.29) is 0 Å². The van der Waals surface area contributed by atoms with Gasteiger partial charge in [-0.2, -0.15) is 0 Å². The van der Waals surface area contributed by atoms with Crippen LogP contribution in [0.1, 0.15) is 10.4 Å². The Balaban J connectivity index is 2.50. The fraction of sp³-hybridized carbons (Fsp3) is 0.167. The van der Waals surface area contributed by atoms with E-state index >= 15 is 0 Å². The molecule has 0 amide bonds. The van der Waals surface area contributed by atoms with Crippen LogP contribution in [0.4, 0.5) is 0 Å². The van der Waals surface area contributed by atoms with E-state index in [1.807, 2.05) is 0 Å². The number of aromatic amines is 1. The van der Waals surface area contributed by atoms with Crippen LogP contribution < -0.4 is 4.74 Å². The Hall–Kier alpha value is -2.30. The minimum atomic E-state index is -0.873. The number of H-pyrrole nitrogens is 1. The van der Waals surface area contributed by atoms with Crippen LogP contribution in [-0.4, -0.2) is 31.0 Å². The van der Waals surface area contributed by atoms with Gasteiger partial charge in [0.15, 0.2) is 0 Å². The van der Waals surface area contributed by atoms with Crippen LogP contribution in [0.25, 0.3) is 10.9 Å². The number of aromatic nitrogens is 1. The van der Waals surface area contributed by atoms with E-state index in [4.69, 9.17) is 4.74 Å². The number of esters is 1. The lowest BCUT2D eigenvalue weighted by Gasteiger charge is -2.00. The summed E-state index contributed by atoms with van der Waals surface area (Å²) in [5.41, 5.74) is 1.03. The number of ketones is 1. The minimum Gasteiger partial charge on any atom is -0.497 e. The predicted molar refractivity (Wildman–Crippen MR) is 61.2 cm³/mol. The van der Waals surface area contributed by atoms with Gasteiger partial charge in [-0.25, -0.2) is 4.79 Å². The van der Waals surface area contributed by atoms with E-state index in [1.54, 1.807) is 25.3 Å². The fourth-order valence-electron chi connectivity index (χ4n) is 1.62. The normalized spacial score (nSPS) is 10.2. The standard InChI is InChI=1S/C12H11NO4/c1-16-7-3-4-8-9(6-13-10(8)5-7)11(14)12(15)17-2/h3-6,13H,1-2H3. The smallest absolute Gasteiger partial charge is 0.379 e. The summed E-state index contributed by atoms with van der Waals surface area (Å²) >= 11 is 0. The van der Waals surface area contributed by atoms with Crippen LogP contribution in [-0.2, 0) is 9.53 Å². The molecule has 1 N–H and O–H groups in total. The van der Waals surface area contributed by atoms with Crippen LogP contribution in [0.15, 0.2) is 24.4 Å². The summed E-state index contributed by atoms with van der Waals surface area (Å²) in [5, 5.41) is 0.668. The molecule has 1 aromatic carbocycles. The van der Waals surface area contributed by atoms with Crippen molar-refractivity contribution in [3.05, 3.63) is 30.0 Å². The van der Waals surface area contributed by atoms with Crippen molar-refractivity contribution in [2.75, 3.05) is 14.2 Å². The first-order valence-electron chi connectivity index (χ1n) is 4.95. The highest BCUT2D eigenvalue weighted by atomic mass is 16.5. The van der Waals surface area contributed by atoms with Gasteiger partial charge in [0.1, 0.15) is 5.75 Å². The van der Waals surface area contributed by atoms with Crippen LogP contribution in [0.3, 0.4) is 0 Å². The van der Waals surface area contributed by atoms with Crippen LogP contribution in [0, 0.1) is 0 Å². The molecule has 2 aromatic rings. The van der Waals surface area contributed by atoms with Crippen molar-refractivity contribution in [1.82, 2.24) is 4.98 Å². The van der Waals surface area contributed by atoms with Gasteiger partial charge >= 0.3 is 5.97 Å². The molecule has 0 aliphatic carbocycles. The molecular formula is C12H11NO4. The minimum absolute atomic E-state index is 0.300. The number of nitrogens with one attached hydrogen (secondary N) is 1. The number of carbonyl (C=O) groups is 2. The first kappa shape index (κ1) is 11.2. The molecule has 88 valence electrons. The van der Waals surface area contributed by atoms with E-state index in [2.05, 4.69) is 9.72 Å². The quantitative estimate of drug-likeness (QED) is 0.496. The Morgan fingerprint density at radius 2 is 2.00 bits per heavy atom. The highest BCUT2D eigenvalue weighted by Gasteiger charge is 2.20. The maximum Gasteiger partial charge on any atom is 0.379 e. The topological polar surface area (TPSA) is 68.4 Å². The number of ether oxygens (including phenoxy) is 2. The van der Waals surface area contributed by atoms with Gasteiger partial charge in [-0.05, 0) is 12.1 Å². The lowest BCUT2D eigenvalue weighted by Crippen LogP contribution is -2.15. The summed E-state index contributed by atoms with van der Waals surface area (Å²) < 4.78 is 9.47. The molecule has 5 heteroatoms. The van der Waals surface area contributed by atoms with Crippen molar-refractivity contribution in [2.24, 2.45) is 0 Å². The predicted octanol–water partition coefficient (Wildman–Crippen LogP) is 1.53. The van der Waals surface area contributed by atoms with Gasteiger partial charge in [0.25, 0.3) is 5.78 Å². The lowest BCUT2D eigenvalue weighted by atomic mass is 10.1. The molecule has 1 aromatic heterocycles. The number of hydrogen-bond donors (Lipinski definition) is 1. The SMILES string of the molecule is COC(=O)C(=O)c1c[nH]c2cc(OC)ccc12. The second-order valence-corrected chi connectivity index (χ2v) is 3.43. The molecule has 0 saturated carbocycles. The number of Topliss-reactive ketones (excluding diaryl/α,β-unsaturated/α-hetero) is 1.